The second-order valence-electron chi connectivity index (χ2n) is 4.76. The molecule has 3 nitrogen and oxygen atoms in total. The Morgan fingerprint density at radius 3 is 2.33 bits per heavy atom. The van der Waals surface area contributed by atoms with Crippen LogP contribution in [0.3, 0.4) is 0 Å². The van der Waals surface area contributed by atoms with E-state index in [9.17, 15) is 4.79 Å². The fourth-order valence-electron chi connectivity index (χ4n) is 2.15. The van der Waals surface area contributed by atoms with Crippen molar-refractivity contribution in [3.05, 3.63) is 71.8 Å². The number of nitrogens with zero attached hydrogens (tertiary/aromatic N) is 1. The van der Waals surface area contributed by atoms with Gasteiger partial charge in [0.15, 0.2) is 0 Å². The molecule has 21 heavy (non-hydrogen) atoms. The molecule has 0 fully saturated rings. The highest BCUT2D eigenvalue weighted by atomic mass is 16.4. The van der Waals surface area contributed by atoms with Gasteiger partial charge >= 0.3 is 5.97 Å². The van der Waals surface area contributed by atoms with Crippen LogP contribution in [0, 0.1) is 0 Å². The molecule has 3 heteroatoms. The van der Waals surface area contributed by atoms with Crippen LogP contribution in [0.4, 0.5) is 5.69 Å². The summed E-state index contributed by atoms with van der Waals surface area (Å²) < 4.78 is 0. The number of anilines is 1. The third-order valence-electron chi connectivity index (χ3n) is 3.27. The summed E-state index contributed by atoms with van der Waals surface area (Å²) in [6.07, 6.45) is 2.75. The number of carboxylic acids is 1. The molecule has 2 aromatic rings. The molecule has 1 N–H and O–H groups in total. The van der Waals surface area contributed by atoms with Gasteiger partial charge in [-0.25, -0.2) is 4.79 Å². The van der Waals surface area contributed by atoms with E-state index in [0.717, 1.165) is 30.4 Å². The van der Waals surface area contributed by atoms with E-state index in [-0.39, 0.29) is 0 Å². The van der Waals surface area contributed by atoms with Gasteiger partial charge < -0.3 is 10.0 Å². The molecule has 0 aliphatic rings. The minimum absolute atomic E-state index is 0.863. The Morgan fingerprint density at radius 2 is 1.76 bits per heavy atom. The first kappa shape index (κ1) is 14.9. The minimum atomic E-state index is -0.932. The molecule has 0 saturated heterocycles. The van der Waals surface area contributed by atoms with E-state index in [2.05, 4.69) is 24.0 Å². The zero-order valence-electron chi connectivity index (χ0n) is 12.1. The number of aliphatic carboxylic acids is 1. The molecule has 0 heterocycles. The van der Waals surface area contributed by atoms with Crippen LogP contribution in [0.25, 0.3) is 6.08 Å². The number of carbonyl (C=O) groups is 1. The molecule has 0 saturated carbocycles. The van der Waals surface area contributed by atoms with Gasteiger partial charge in [-0.3, -0.25) is 0 Å². The first-order valence-electron chi connectivity index (χ1n) is 6.99. The van der Waals surface area contributed by atoms with E-state index < -0.39 is 5.97 Å². The monoisotopic (exact) mass is 281 g/mol. The van der Waals surface area contributed by atoms with E-state index in [4.69, 9.17) is 5.11 Å². The third-order valence-corrected chi connectivity index (χ3v) is 3.27. The van der Waals surface area contributed by atoms with E-state index >= 15 is 0 Å². The summed E-state index contributed by atoms with van der Waals surface area (Å²) in [6.45, 7) is 3.90. The van der Waals surface area contributed by atoms with Crippen LogP contribution in [0.1, 0.15) is 18.1 Å². The van der Waals surface area contributed by atoms with Crippen molar-refractivity contribution in [2.45, 2.75) is 13.5 Å². The molecule has 0 aliphatic heterocycles. The normalized spacial score (nSPS) is 10.7. The van der Waals surface area contributed by atoms with Crippen LogP contribution in [0.5, 0.6) is 0 Å². The fourth-order valence-corrected chi connectivity index (χ4v) is 2.15. The van der Waals surface area contributed by atoms with Crippen LogP contribution in [0.2, 0.25) is 0 Å². The number of carboxylic acid groups (broad SMARTS) is 1. The Morgan fingerprint density at radius 1 is 1.10 bits per heavy atom. The summed E-state index contributed by atoms with van der Waals surface area (Å²) >= 11 is 0. The third kappa shape index (κ3) is 4.49. The highest BCUT2D eigenvalue weighted by Crippen LogP contribution is 2.18. The van der Waals surface area contributed by atoms with Gasteiger partial charge in [0.25, 0.3) is 0 Å². The standard InChI is InChI=1S/C18H19NO2/c1-2-19(14-16-6-4-3-5-7-16)17-11-8-15(9-12-17)10-13-18(20)21/h3-13H,2,14H2,1H3,(H,20,21)/b13-10+. The lowest BCUT2D eigenvalue weighted by molar-refractivity contribution is -0.131. The summed E-state index contributed by atoms with van der Waals surface area (Å²) in [5.41, 5.74) is 3.29. The topological polar surface area (TPSA) is 40.5 Å². The summed E-state index contributed by atoms with van der Waals surface area (Å²) in [5, 5.41) is 8.62. The summed E-state index contributed by atoms with van der Waals surface area (Å²) in [5.74, 6) is -0.932. The van der Waals surface area contributed by atoms with Crippen molar-refractivity contribution in [2.24, 2.45) is 0 Å². The van der Waals surface area contributed by atoms with Crippen LogP contribution in [0.15, 0.2) is 60.7 Å². The van der Waals surface area contributed by atoms with Gasteiger partial charge in [0.1, 0.15) is 0 Å². The SMILES string of the molecule is CCN(Cc1ccccc1)c1ccc(/C=C/C(=O)O)cc1. The van der Waals surface area contributed by atoms with Crippen LogP contribution >= 0.6 is 0 Å². The Kier molecular flexibility index (Phi) is 5.16. The average Bonchev–Trinajstić information content (AvgIpc) is 2.52. The average molecular weight is 281 g/mol. The molecule has 0 aromatic heterocycles. The summed E-state index contributed by atoms with van der Waals surface area (Å²) in [7, 11) is 0. The lowest BCUT2D eigenvalue weighted by atomic mass is 10.1. The largest absolute Gasteiger partial charge is 0.478 e. The molecular weight excluding hydrogens is 262 g/mol. The summed E-state index contributed by atoms with van der Waals surface area (Å²) in [6, 6.07) is 18.3. The van der Waals surface area contributed by atoms with Gasteiger partial charge in [0.05, 0.1) is 0 Å². The van der Waals surface area contributed by atoms with Gasteiger partial charge in [-0.05, 0) is 36.3 Å². The predicted octanol–water partition coefficient (Wildman–Crippen LogP) is 3.81. The van der Waals surface area contributed by atoms with E-state index in [1.165, 1.54) is 5.56 Å². The van der Waals surface area contributed by atoms with Crippen molar-refractivity contribution >= 4 is 17.7 Å². The van der Waals surface area contributed by atoms with Crippen LogP contribution < -0.4 is 4.90 Å². The molecule has 2 rings (SSSR count). The molecule has 0 amide bonds. The molecule has 2 aromatic carbocycles. The van der Waals surface area contributed by atoms with Crippen molar-refractivity contribution in [1.29, 1.82) is 0 Å². The van der Waals surface area contributed by atoms with Crippen molar-refractivity contribution in [1.82, 2.24) is 0 Å². The molecule has 0 bridgehead atoms. The Bertz CT molecular complexity index is 603. The van der Waals surface area contributed by atoms with Crippen molar-refractivity contribution in [2.75, 3.05) is 11.4 Å². The van der Waals surface area contributed by atoms with Crippen LogP contribution in [-0.4, -0.2) is 17.6 Å². The predicted molar refractivity (Wildman–Crippen MR) is 86.3 cm³/mol. The van der Waals surface area contributed by atoms with E-state index in [0.29, 0.717) is 0 Å². The molecule has 0 unspecified atom stereocenters. The number of rotatable bonds is 6. The lowest BCUT2D eigenvalue weighted by Crippen LogP contribution is -2.21. The van der Waals surface area contributed by atoms with Gasteiger partial charge in [0, 0.05) is 24.9 Å². The molecular formula is C18H19NO2. The van der Waals surface area contributed by atoms with E-state index in [1.807, 2.05) is 42.5 Å². The van der Waals surface area contributed by atoms with Crippen LogP contribution in [-0.2, 0) is 11.3 Å². The Balaban J connectivity index is 2.10. The maximum absolute atomic E-state index is 10.5. The Hall–Kier alpha value is -2.55. The second kappa shape index (κ2) is 7.29. The molecule has 0 aliphatic carbocycles. The fraction of sp³-hybridized carbons (Fsp3) is 0.167. The Labute approximate surface area is 125 Å². The van der Waals surface area contributed by atoms with Crippen molar-refractivity contribution in [3.8, 4) is 0 Å². The number of hydrogen-bond donors (Lipinski definition) is 1. The maximum Gasteiger partial charge on any atom is 0.328 e. The zero-order chi connectivity index (χ0) is 15.1. The van der Waals surface area contributed by atoms with Gasteiger partial charge in [0.2, 0.25) is 0 Å². The maximum atomic E-state index is 10.5. The smallest absolute Gasteiger partial charge is 0.328 e. The quantitative estimate of drug-likeness (QED) is 0.818. The number of benzene rings is 2. The number of hydrogen-bond acceptors (Lipinski definition) is 2. The van der Waals surface area contributed by atoms with E-state index in [1.54, 1.807) is 6.08 Å². The zero-order valence-corrected chi connectivity index (χ0v) is 12.1. The van der Waals surface area contributed by atoms with Gasteiger partial charge in [-0.2, -0.15) is 0 Å². The lowest BCUT2D eigenvalue weighted by Gasteiger charge is -2.23. The second-order valence-corrected chi connectivity index (χ2v) is 4.76. The van der Waals surface area contributed by atoms with Crippen molar-refractivity contribution in [3.63, 3.8) is 0 Å². The highest BCUT2D eigenvalue weighted by molar-refractivity contribution is 5.85. The first-order chi connectivity index (χ1) is 10.2. The molecule has 0 radical (unpaired) electrons. The highest BCUT2D eigenvalue weighted by Gasteiger charge is 2.04. The molecule has 0 spiro atoms. The van der Waals surface area contributed by atoms with Crippen molar-refractivity contribution < 1.29 is 9.90 Å². The minimum Gasteiger partial charge on any atom is -0.478 e. The summed E-state index contributed by atoms with van der Waals surface area (Å²) in [4.78, 5) is 12.8. The molecule has 0 atom stereocenters. The van der Waals surface area contributed by atoms with Gasteiger partial charge in [-0.1, -0.05) is 42.5 Å². The molecule has 108 valence electrons. The van der Waals surface area contributed by atoms with Gasteiger partial charge in [-0.15, -0.1) is 0 Å². The first-order valence-corrected chi connectivity index (χ1v) is 6.99.